The van der Waals surface area contributed by atoms with E-state index in [1.54, 1.807) is 5.38 Å². The maximum absolute atomic E-state index is 12.9. The van der Waals surface area contributed by atoms with Crippen LogP contribution in [0.15, 0.2) is 46.0 Å². The first-order valence-corrected chi connectivity index (χ1v) is 8.72. The molecule has 1 aromatic heterocycles. The smallest absolute Gasteiger partial charge is 0.321 e. The van der Waals surface area contributed by atoms with Gasteiger partial charge >= 0.3 is 5.97 Å². The molecule has 0 saturated heterocycles. The van der Waals surface area contributed by atoms with Gasteiger partial charge in [0, 0.05) is 11.9 Å². The molecule has 0 aliphatic carbocycles. The number of hydrogen-bond acceptors (Lipinski definition) is 4. The Morgan fingerprint density at radius 3 is 2.45 bits per heavy atom. The highest BCUT2D eigenvalue weighted by Crippen LogP contribution is 2.23. The van der Waals surface area contributed by atoms with Crippen molar-refractivity contribution in [2.24, 2.45) is 0 Å². The maximum atomic E-state index is 12.9. The number of carboxylic acids is 1. The lowest BCUT2D eigenvalue weighted by atomic mass is 10.2. The summed E-state index contributed by atoms with van der Waals surface area (Å²) in [5.74, 6) is -1.69. The van der Waals surface area contributed by atoms with Gasteiger partial charge in [-0.05, 0) is 36.1 Å². The van der Waals surface area contributed by atoms with E-state index >= 15 is 0 Å². The van der Waals surface area contributed by atoms with Crippen molar-refractivity contribution in [1.29, 1.82) is 0 Å². The van der Waals surface area contributed by atoms with Gasteiger partial charge in [0.25, 0.3) is 0 Å². The second-order valence-electron chi connectivity index (χ2n) is 4.65. The second kappa shape index (κ2) is 6.55. The Morgan fingerprint density at radius 2 is 1.95 bits per heavy atom. The van der Waals surface area contributed by atoms with Gasteiger partial charge in [-0.3, -0.25) is 4.79 Å². The Kier molecular flexibility index (Phi) is 4.94. The third-order valence-electron chi connectivity index (χ3n) is 3.14. The highest BCUT2D eigenvalue weighted by atomic mass is 32.2. The van der Waals surface area contributed by atoms with E-state index in [0.717, 1.165) is 4.31 Å². The first kappa shape index (κ1) is 16.6. The molecule has 0 aliphatic rings. The van der Waals surface area contributed by atoms with Crippen LogP contribution in [0.25, 0.3) is 0 Å². The summed E-state index contributed by atoms with van der Waals surface area (Å²) in [5.41, 5.74) is 0.508. The third-order valence-corrected chi connectivity index (χ3v) is 5.89. The molecule has 118 valence electrons. The van der Waals surface area contributed by atoms with E-state index in [0.29, 0.717) is 5.56 Å². The predicted molar refractivity (Wildman–Crippen MR) is 80.5 cm³/mol. The normalized spacial score (nSPS) is 13.2. The number of sulfonamides is 1. The van der Waals surface area contributed by atoms with E-state index in [2.05, 4.69) is 0 Å². The average Bonchev–Trinajstić information content (AvgIpc) is 3.00. The summed E-state index contributed by atoms with van der Waals surface area (Å²) in [7, 11) is -3.94. The summed E-state index contributed by atoms with van der Waals surface area (Å²) in [6.45, 7) is 1.15. The molecule has 0 saturated carbocycles. The number of carboxylic acid groups (broad SMARTS) is 1. The first-order chi connectivity index (χ1) is 10.3. The van der Waals surface area contributed by atoms with Gasteiger partial charge in [-0.1, -0.05) is 12.1 Å². The molecule has 1 N–H and O–H groups in total. The molecule has 0 spiro atoms. The van der Waals surface area contributed by atoms with Crippen LogP contribution in [-0.2, 0) is 21.4 Å². The van der Waals surface area contributed by atoms with Crippen molar-refractivity contribution in [1.82, 2.24) is 4.31 Å². The van der Waals surface area contributed by atoms with Gasteiger partial charge in [0.2, 0.25) is 10.0 Å². The van der Waals surface area contributed by atoms with E-state index in [1.165, 1.54) is 54.0 Å². The highest BCUT2D eigenvalue weighted by Gasteiger charge is 2.33. The van der Waals surface area contributed by atoms with Crippen molar-refractivity contribution in [3.05, 3.63) is 52.5 Å². The summed E-state index contributed by atoms with van der Waals surface area (Å²) >= 11 is 1.21. The zero-order valence-electron chi connectivity index (χ0n) is 11.6. The van der Waals surface area contributed by atoms with Gasteiger partial charge in [-0.25, -0.2) is 12.8 Å². The monoisotopic (exact) mass is 343 g/mol. The molecule has 1 aromatic carbocycles. The van der Waals surface area contributed by atoms with Crippen LogP contribution in [0.2, 0.25) is 0 Å². The molecule has 0 radical (unpaired) electrons. The fraction of sp³-hybridized carbons (Fsp3) is 0.214. The summed E-state index contributed by atoms with van der Waals surface area (Å²) in [6, 6.07) is 5.45. The lowest BCUT2D eigenvalue weighted by Gasteiger charge is -2.25. The minimum Gasteiger partial charge on any atom is -0.480 e. The molecule has 1 unspecified atom stereocenters. The van der Waals surface area contributed by atoms with Crippen LogP contribution in [-0.4, -0.2) is 29.8 Å². The Bertz CT molecular complexity index is 742. The number of benzene rings is 1. The number of rotatable bonds is 6. The number of thiophene rings is 1. The maximum Gasteiger partial charge on any atom is 0.321 e. The molecule has 0 aliphatic heterocycles. The van der Waals surface area contributed by atoms with Crippen LogP contribution < -0.4 is 0 Å². The van der Waals surface area contributed by atoms with Gasteiger partial charge in [0.15, 0.2) is 0 Å². The summed E-state index contributed by atoms with van der Waals surface area (Å²) in [6.07, 6.45) is 0. The number of nitrogens with zero attached hydrogens (tertiary/aromatic N) is 1. The average molecular weight is 343 g/mol. The molecule has 0 amide bonds. The minimum absolute atomic E-state index is 0.0488. The van der Waals surface area contributed by atoms with Gasteiger partial charge in [0.05, 0.1) is 4.90 Å². The Morgan fingerprint density at radius 1 is 1.32 bits per heavy atom. The van der Waals surface area contributed by atoms with E-state index in [1.807, 2.05) is 0 Å². The summed E-state index contributed by atoms with van der Waals surface area (Å²) in [5, 5.41) is 12.2. The Labute approximate surface area is 131 Å². The molecule has 2 rings (SSSR count). The van der Waals surface area contributed by atoms with Crippen molar-refractivity contribution in [3.8, 4) is 0 Å². The molecular weight excluding hydrogens is 329 g/mol. The van der Waals surface area contributed by atoms with Crippen molar-refractivity contribution in [3.63, 3.8) is 0 Å². The molecule has 1 atom stereocenters. The molecule has 8 heteroatoms. The van der Waals surface area contributed by atoms with Crippen molar-refractivity contribution in [2.45, 2.75) is 24.4 Å². The quantitative estimate of drug-likeness (QED) is 0.875. The molecule has 0 bridgehead atoms. The Hall–Kier alpha value is -1.77. The summed E-state index contributed by atoms with van der Waals surface area (Å²) < 4.78 is 39.0. The van der Waals surface area contributed by atoms with Crippen LogP contribution in [0.3, 0.4) is 0 Å². The Balaban J connectivity index is 2.39. The van der Waals surface area contributed by atoms with Crippen LogP contribution in [0.4, 0.5) is 4.39 Å². The molecule has 5 nitrogen and oxygen atoms in total. The number of carbonyl (C=O) groups is 1. The van der Waals surface area contributed by atoms with E-state index in [9.17, 15) is 22.7 Å². The predicted octanol–water partition coefficient (Wildman–Crippen LogP) is 2.55. The van der Waals surface area contributed by atoms with Crippen LogP contribution in [0.1, 0.15) is 12.5 Å². The molecular formula is C14H14FNO4S2. The topological polar surface area (TPSA) is 74.7 Å². The molecule has 2 aromatic rings. The number of hydrogen-bond donors (Lipinski definition) is 1. The van der Waals surface area contributed by atoms with E-state index in [4.69, 9.17) is 0 Å². The fourth-order valence-electron chi connectivity index (χ4n) is 1.86. The number of halogens is 1. The fourth-order valence-corrected chi connectivity index (χ4v) is 4.45. The van der Waals surface area contributed by atoms with Crippen LogP contribution in [0.5, 0.6) is 0 Å². The van der Waals surface area contributed by atoms with Crippen LogP contribution in [0, 0.1) is 5.82 Å². The third kappa shape index (κ3) is 3.52. The molecule has 22 heavy (non-hydrogen) atoms. The van der Waals surface area contributed by atoms with Gasteiger partial charge in [-0.2, -0.15) is 15.6 Å². The summed E-state index contributed by atoms with van der Waals surface area (Å²) in [4.78, 5) is 11.3. The van der Waals surface area contributed by atoms with Gasteiger partial charge < -0.3 is 5.11 Å². The molecule has 0 fully saturated rings. The van der Waals surface area contributed by atoms with Crippen molar-refractivity contribution in [2.75, 3.05) is 0 Å². The van der Waals surface area contributed by atoms with Crippen molar-refractivity contribution < 1.29 is 22.7 Å². The first-order valence-electron chi connectivity index (χ1n) is 6.33. The van der Waals surface area contributed by atoms with Crippen molar-refractivity contribution >= 4 is 27.3 Å². The SMILES string of the molecule is CC(C(=O)O)N(Cc1ccc(F)cc1)S(=O)(=O)c1ccsc1. The number of aliphatic carboxylic acids is 1. The lowest BCUT2D eigenvalue weighted by Crippen LogP contribution is -2.42. The second-order valence-corrected chi connectivity index (χ2v) is 7.32. The highest BCUT2D eigenvalue weighted by molar-refractivity contribution is 7.89. The zero-order chi connectivity index (χ0) is 16.3. The van der Waals surface area contributed by atoms with E-state index < -0.39 is 27.9 Å². The zero-order valence-corrected chi connectivity index (χ0v) is 13.3. The van der Waals surface area contributed by atoms with Gasteiger partial charge in [0.1, 0.15) is 11.9 Å². The largest absolute Gasteiger partial charge is 0.480 e. The molecule has 1 heterocycles. The van der Waals surface area contributed by atoms with Crippen LogP contribution >= 0.6 is 11.3 Å². The van der Waals surface area contributed by atoms with E-state index in [-0.39, 0.29) is 11.4 Å². The lowest BCUT2D eigenvalue weighted by molar-refractivity contribution is -0.141. The minimum atomic E-state index is -3.94. The standard InChI is InChI=1S/C14H14FNO4S2/c1-10(14(17)18)16(8-11-2-4-12(15)5-3-11)22(19,20)13-6-7-21-9-13/h2-7,9-10H,8H2,1H3,(H,17,18). The van der Waals surface area contributed by atoms with Gasteiger partial charge in [-0.15, -0.1) is 0 Å².